The molecule has 1 aliphatic heterocycles. The molecule has 1 unspecified atom stereocenters. The number of para-hydroxylation sites is 1. The van der Waals surface area contributed by atoms with Crippen LogP contribution < -0.4 is 10.2 Å². The zero-order chi connectivity index (χ0) is 20.8. The fraction of sp³-hybridized carbons (Fsp3) is 0.0833. The molecule has 30 heavy (non-hydrogen) atoms. The van der Waals surface area contributed by atoms with Crippen LogP contribution in [0.4, 0.5) is 0 Å². The zero-order valence-corrected chi connectivity index (χ0v) is 16.7. The van der Waals surface area contributed by atoms with E-state index in [0.29, 0.717) is 33.1 Å². The lowest BCUT2D eigenvalue weighted by atomic mass is 9.98. The van der Waals surface area contributed by atoms with Crippen molar-refractivity contribution in [3.05, 3.63) is 105 Å². The number of amides is 1. The summed E-state index contributed by atoms with van der Waals surface area (Å²) in [5.74, 6) is 1.04. The van der Waals surface area contributed by atoms with E-state index < -0.39 is 6.04 Å². The van der Waals surface area contributed by atoms with Gasteiger partial charge in [0.2, 0.25) is 5.76 Å². The number of benzene rings is 3. The van der Waals surface area contributed by atoms with E-state index in [-0.39, 0.29) is 17.1 Å². The normalized spacial score (nSPS) is 15.5. The van der Waals surface area contributed by atoms with Crippen LogP contribution in [0.3, 0.4) is 0 Å². The maximum absolute atomic E-state index is 13.3. The maximum Gasteiger partial charge on any atom is 0.290 e. The highest BCUT2D eigenvalue weighted by Crippen LogP contribution is 2.38. The average molecular weight is 418 g/mol. The predicted molar refractivity (Wildman–Crippen MR) is 114 cm³/mol. The predicted octanol–water partition coefficient (Wildman–Crippen LogP) is 5.41. The van der Waals surface area contributed by atoms with Crippen molar-refractivity contribution in [1.29, 1.82) is 0 Å². The first-order valence-electron chi connectivity index (χ1n) is 9.39. The Kier molecular flexibility index (Phi) is 4.33. The van der Waals surface area contributed by atoms with Crippen molar-refractivity contribution in [2.24, 2.45) is 0 Å². The third-order valence-electron chi connectivity index (χ3n) is 5.22. The standard InChI is InChI=1S/C24H16ClNO4/c1-26-21(14-6-5-9-17(12-14)29-16-7-3-2-4-8-16)20-22(27)18-13-15(25)10-11-19(18)30-23(20)24(26)28/h2-13,21H,1H3. The van der Waals surface area contributed by atoms with Gasteiger partial charge in [0.15, 0.2) is 5.43 Å². The van der Waals surface area contributed by atoms with Crippen LogP contribution in [0.2, 0.25) is 5.02 Å². The molecule has 2 heterocycles. The number of carbonyl (C=O) groups is 1. The molecule has 5 nitrogen and oxygen atoms in total. The molecule has 3 aromatic carbocycles. The van der Waals surface area contributed by atoms with Crippen molar-refractivity contribution in [3.63, 3.8) is 0 Å². The van der Waals surface area contributed by atoms with Crippen LogP contribution in [0.25, 0.3) is 11.0 Å². The van der Waals surface area contributed by atoms with Crippen molar-refractivity contribution in [2.75, 3.05) is 7.05 Å². The lowest BCUT2D eigenvalue weighted by molar-refractivity contribution is 0.0771. The van der Waals surface area contributed by atoms with Gasteiger partial charge < -0.3 is 14.1 Å². The molecule has 5 rings (SSSR count). The lowest BCUT2D eigenvalue weighted by Gasteiger charge is -2.21. The first kappa shape index (κ1) is 18.5. The van der Waals surface area contributed by atoms with Crippen LogP contribution in [-0.4, -0.2) is 17.9 Å². The smallest absolute Gasteiger partial charge is 0.290 e. The van der Waals surface area contributed by atoms with E-state index in [0.717, 1.165) is 5.56 Å². The molecule has 6 heteroatoms. The van der Waals surface area contributed by atoms with Crippen molar-refractivity contribution < 1.29 is 13.9 Å². The van der Waals surface area contributed by atoms with E-state index in [9.17, 15) is 9.59 Å². The minimum Gasteiger partial charge on any atom is -0.457 e. The van der Waals surface area contributed by atoms with Crippen LogP contribution in [0, 0.1) is 0 Å². The monoisotopic (exact) mass is 417 g/mol. The minimum absolute atomic E-state index is 0.0664. The van der Waals surface area contributed by atoms with Crippen molar-refractivity contribution in [2.45, 2.75) is 6.04 Å². The molecule has 0 saturated carbocycles. The number of hydrogen-bond acceptors (Lipinski definition) is 4. The van der Waals surface area contributed by atoms with E-state index >= 15 is 0 Å². The maximum atomic E-state index is 13.3. The Morgan fingerprint density at radius 2 is 1.70 bits per heavy atom. The molecule has 0 aliphatic carbocycles. The fourth-order valence-electron chi connectivity index (χ4n) is 3.82. The molecule has 1 amide bonds. The van der Waals surface area contributed by atoms with Crippen LogP contribution in [0.15, 0.2) is 82.0 Å². The van der Waals surface area contributed by atoms with Gasteiger partial charge in [-0.1, -0.05) is 41.9 Å². The first-order valence-corrected chi connectivity index (χ1v) is 9.77. The van der Waals surface area contributed by atoms with Crippen molar-refractivity contribution in [3.8, 4) is 11.5 Å². The summed E-state index contributed by atoms with van der Waals surface area (Å²) < 4.78 is 11.7. The zero-order valence-electron chi connectivity index (χ0n) is 16.0. The van der Waals surface area contributed by atoms with Crippen molar-refractivity contribution >= 4 is 28.5 Å². The number of ether oxygens (including phenoxy) is 1. The van der Waals surface area contributed by atoms with Gasteiger partial charge in [-0.25, -0.2) is 0 Å². The molecule has 0 saturated heterocycles. The topological polar surface area (TPSA) is 59.8 Å². The Morgan fingerprint density at radius 1 is 0.933 bits per heavy atom. The lowest BCUT2D eigenvalue weighted by Crippen LogP contribution is -2.25. The third-order valence-corrected chi connectivity index (χ3v) is 5.45. The van der Waals surface area contributed by atoms with E-state index in [4.69, 9.17) is 20.8 Å². The number of hydrogen-bond donors (Lipinski definition) is 0. The summed E-state index contributed by atoms with van der Waals surface area (Å²) >= 11 is 6.08. The molecule has 0 fully saturated rings. The molecule has 1 atom stereocenters. The molecule has 1 aromatic heterocycles. The van der Waals surface area contributed by atoms with Crippen LogP contribution in [0.5, 0.6) is 11.5 Å². The first-order chi connectivity index (χ1) is 14.5. The molecule has 0 radical (unpaired) electrons. The number of fused-ring (bicyclic) bond motifs is 2. The van der Waals surface area contributed by atoms with Gasteiger partial charge in [0.25, 0.3) is 5.91 Å². The molecule has 4 aromatic rings. The highest BCUT2D eigenvalue weighted by atomic mass is 35.5. The average Bonchev–Trinajstić information content (AvgIpc) is 3.00. The summed E-state index contributed by atoms with van der Waals surface area (Å²) in [5, 5.41) is 0.785. The van der Waals surface area contributed by atoms with E-state index in [1.54, 1.807) is 25.2 Å². The van der Waals surface area contributed by atoms with Gasteiger partial charge in [0.05, 0.1) is 17.0 Å². The van der Waals surface area contributed by atoms with Gasteiger partial charge in [-0.2, -0.15) is 0 Å². The van der Waals surface area contributed by atoms with E-state index in [1.807, 2.05) is 54.6 Å². The van der Waals surface area contributed by atoms with E-state index in [2.05, 4.69) is 0 Å². The summed E-state index contributed by atoms with van der Waals surface area (Å²) in [7, 11) is 1.66. The van der Waals surface area contributed by atoms with Crippen LogP contribution in [-0.2, 0) is 0 Å². The summed E-state index contributed by atoms with van der Waals surface area (Å²) in [6.07, 6.45) is 0. The highest BCUT2D eigenvalue weighted by Gasteiger charge is 2.40. The van der Waals surface area contributed by atoms with Gasteiger partial charge in [0.1, 0.15) is 17.1 Å². The SMILES string of the molecule is CN1C(=O)c2oc3ccc(Cl)cc3c(=O)c2C1c1cccc(Oc2ccccc2)c1. The molecule has 0 N–H and O–H groups in total. The molecule has 0 spiro atoms. The number of carbonyl (C=O) groups excluding carboxylic acids is 1. The minimum atomic E-state index is -0.577. The Labute approximate surface area is 177 Å². The van der Waals surface area contributed by atoms with Gasteiger partial charge in [-0.15, -0.1) is 0 Å². The molecule has 1 aliphatic rings. The number of rotatable bonds is 3. The largest absolute Gasteiger partial charge is 0.457 e. The second-order valence-corrected chi connectivity index (χ2v) is 7.56. The van der Waals surface area contributed by atoms with Gasteiger partial charge in [-0.3, -0.25) is 9.59 Å². The van der Waals surface area contributed by atoms with Crippen molar-refractivity contribution in [1.82, 2.24) is 4.90 Å². The summed E-state index contributed by atoms with van der Waals surface area (Å²) in [4.78, 5) is 27.7. The fourth-order valence-corrected chi connectivity index (χ4v) is 4.00. The van der Waals surface area contributed by atoms with Gasteiger partial charge in [-0.05, 0) is 48.0 Å². The summed E-state index contributed by atoms with van der Waals surface area (Å²) in [6, 6.07) is 21.0. The molecule has 148 valence electrons. The summed E-state index contributed by atoms with van der Waals surface area (Å²) in [5.41, 5.74) is 1.15. The second-order valence-electron chi connectivity index (χ2n) is 7.12. The highest BCUT2D eigenvalue weighted by molar-refractivity contribution is 6.31. The Morgan fingerprint density at radius 3 is 2.50 bits per heavy atom. The Hall–Kier alpha value is -3.57. The Balaban J connectivity index is 1.64. The third kappa shape index (κ3) is 2.95. The molecular formula is C24H16ClNO4. The number of nitrogens with zero attached hydrogens (tertiary/aromatic N) is 1. The van der Waals surface area contributed by atoms with Gasteiger partial charge >= 0.3 is 0 Å². The summed E-state index contributed by atoms with van der Waals surface area (Å²) in [6.45, 7) is 0. The molecule has 0 bridgehead atoms. The number of halogens is 1. The molecular weight excluding hydrogens is 402 g/mol. The van der Waals surface area contributed by atoms with Crippen LogP contribution >= 0.6 is 11.6 Å². The van der Waals surface area contributed by atoms with E-state index in [1.165, 1.54) is 4.90 Å². The van der Waals surface area contributed by atoms with Gasteiger partial charge in [0, 0.05) is 12.1 Å². The Bertz CT molecular complexity index is 1350. The van der Waals surface area contributed by atoms with Crippen LogP contribution in [0.1, 0.15) is 27.7 Å². The second kappa shape index (κ2) is 7.04. The quantitative estimate of drug-likeness (QED) is 0.447.